The molecule has 1 heterocycles. The zero-order valence-corrected chi connectivity index (χ0v) is 10.2. The fourth-order valence-corrected chi connectivity index (χ4v) is 1.76. The maximum Gasteiger partial charge on any atom is 0.305 e. The molecule has 6 heteroatoms. The second-order valence-corrected chi connectivity index (χ2v) is 4.14. The normalized spacial score (nSPS) is 18.7. The predicted molar refractivity (Wildman–Crippen MR) is 60.0 cm³/mol. The van der Waals surface area contributed by atoms with Crippen molar-refractivity contribution in [3.05, 3.63) is 0 Å². The Labute approximate surface area is 100 Å². The van der Waals surface area contributed by atoms with Gasteiger partial charge in [0.05, 0.1) is 13.0 Å². The average Bonchev–Trinajstić information content (AvgIpc) is 2.74. The topological polar surface area (TPSA) is 75.7 Å². The molecule has 96 valence electrons. The molecule has 1 rings (SSSR count). The summed E-state index contributed by atoms with van der Waals surface area (Å²) in [5.41, 5.74) is 0. The van der Waals surface area contributed by atoms with Crippen LogP contribution in [0, 0.1) is 5.92 Å². The van der Waals surface area contributed by atoms with Gasteiger partial charge in [-0.1, -0.05) is 0 Å². The van der Waals surface area contributed by atoms with Crippen LogP contribution in [-0.2, 0) is 19.1 Å². The Morgan fingerprint density at radius 2 is 2.24 bits per heavy atom. The van der Waals surface area contributed by atoms with E-state index in [0.717, 1.165) is 0 Å². The summed E-state index contributed by atoms with van der Waals surface area (Å²) in [6.45, 7) is 0.914. The molecule has 2 amide bonds. The number of nitrogens with zero attached hydrogens (tertiary/aromatic N) is 1. The molecule has 0 aliphatic carbocycles. The molecule has 1 N–H and O–H groups in total. The SMILES string of the molecule is COC(=O)CCCN(C)C(=O)C1CNC(=O)C1. The molecular weight excluding hydrogens is 224 g/mol. The van der Waals surface area contributed by atoms with Gasteiger partial charge in [-0.15, -0.1) is 0 Å². The van der Waals surface area contributed by atoms with E-state index < -0.39 is 0 Å². The smallest absolute Gasteiger partial charge is 0.305 e. The van der Waals surface area contributed by atoms with E-state index in [1.807, 2.05) is 0 Å². The van der Waals surface area contributed by atoms with Crippen molar-refractivity contribution in [3.63, 3.8) is 0 Å². The summed E-state index contributed by atoms with van der Waals surface area (Å²) in [7, 11) is 3.02. The van der Waals surface area contributed by atoms with Gasteiger partial charge in [0.1, 0.15) is 0 Å². The lowest BCUT2D eigenvalue weighted by molar-refractivity contribution is -0.141. The zero-order chi connectivity index (χ0) is 12.8. The minimum absolute atomic E-state index is 0.0479. The minimum atomic E-state index is -0.274. The molecule has 17 heavy (non-hydrogen) atoms. The molecule has 0 aromatic carbocycles. The highest BCUT2D eigenvalue weighted by atomic mass is 16.5. The Kier molecular flexibility index (Phi) is 4.93. The zero-order valence-electron chi connectivity index (χ0n) is 10.2. The van der Waals surface area contributed by atoms with E-state index in [9.17, 15) is 14.4 Å². The summed E-state index contributed by atoms with van der Waals surface area (Å²) < 4.78 is 4.51. The van der Waals surface area contributed by atoms with E-state index in [-0.39, 0.29) is 30.1 Å². The van der Waals surface area contributed by atoms with Crippen LogP contribution < -0.4 is 5.32 Å². The largest absolute Gasteiger partial charge is 0.469 e. The van der Waals surface area contributed by atoms with Crippen LogP contribution in [0.25, 0.3) is 0 Å². The van der Waals surface area contributed by atoms with Gasteiger partial charge < -0.3 is 15.0 Å². The summed E-state index contributed by atoms with van der Waals surface area (Å²) in [5, 5.41) is 2.63. The molecule has 1 fully saturated rings. The third-order valence-corrected chi connectivity index (χ3v) is 2.80. The summed E-state index contributed by atoms with van der Waals surface area (Å²) in [5.74, 6) is -0.659. The number of hydrogen-bond acceptors (Lipinski definition) is 4. The lowest BCUT2D eigenvalue weighted by Gasteiger charge is -2.19. The monoisotopic (exact) mass is 242 g/mol. The number of amides is 2. The van der Waals surface area contributed by atoms with Crippen molar-refractivity contribution in [2.75, 3.05) is 27.2 Å². The van der Waals surface area contributed by atoms with Gasteiger partial charge in [-0.05, 0) is 6.42 Å². The number of nitrogens with one attached hydrogen (secondary N) is 1. The van der Waals surface area contributed by atoms with E-state index in [2.05, 4.69) is 10.1 Å². The number of esters is 1. The molecule has 0 spiro atoms. The molecule has 0 aromatic heterocycles. The Morgan fingerprint density at radius 1 is 1.53 bits per heavy atom. The second kappa shape index (κ2) is 6.22. The van der Waals surface area contributed by atoms with Gasteiger partial charge in [0.25, 0.3) is 0 Å². The molecule has 1 aliphatic rings. The second-order valence-electron chi connectivity index (χ2n) is 4.14. The maximum absolute atomic E-state index is 11.9. The highest BCUT2D eigenvalue weighted by Gasteiger charge is 2.29. The highest BCUT2D eigenvalue weighted by molar-refractivity contribution is 5.89. The molecule has 0 radical (unpaired) electrons. The van der Waals surface area contributed by atoms with Crippen molar-refractivity contribution in [1.29, 1.82) is 0 Å². The van der Waals surface area contributed by atoms with Crippen molar-refractivity contribution in [2.45, 2.75) is 19.3 Å². The van der Waals surface area contributed by atoms with Crippen LogP contribution in [0.15, 0.2) is 0 Å². The van der Waals surface area contributed by atoms with Crippen molar-refractivity contribution >= 4 is 17.8 Å². The molecule has 1 aliphatic heterocycles. The van der Waals surface area contributed by atoms with Crippen molar-refractivity contribution < 1.29 is 19.1 Å². The van der Waals surface area contributed by atoms with Gasteiger partial charge in [-0.3, -0.25) is 14.4 Å². The highest BCUT2D eigenvalue weighted by Crippen LogP contribution is 2.12. The van der Waals surface area contributed by atoms with E-state index in [0.29, 0.717) is 25.9 Å². The number of ether oxygens (including phenoxy) is 1. The minimum Gasteiger partial charge on any atom is -0.469 e. The number of methoxy groups -OCH3 is 1. The third-order valence-electron chi connectivity index (χ3n) is 2.80. The quantitative estimate of drug-likeness (QED) is 0.662. The number of rotatable bonds is 5. The van der Waals surface area contributed by atoms with Crippen LogP contribution in [0.2, 0.25) is 0 Å². The number of hydrogen-bond donors (Lipinski definition) is 1. The van der Waals surface area contributed by atoms with E-state index >= 15 is 0 Å². The molecule has 1 saturated heterocycles. The first-order valence-corrected chi connectivity index (χ1v) is 5.63. The summed E-state index contributed by atoms with van der Waals surface area (Å²) in [4.78, 5) is 35.3. The van der Waals surface area contributed by atoms with Crippen LogP contribution in [0.4, 0.5) is 0 Å². The lowest BCUT2D eigenvalue weighted by Crippen LogP contribution is -2.34. The van der Waals surface area contributed by atoms with E-state index in [1.165, 1.54) is 7.11 Å². The molecule has 0 saturated carbocycles. The van der Waals surface area contributed by atoms with Gasteiger partial charge in [0.2, 0.25) is 11.8 Å². The van der Waals surface area contributed by atoms with E-state index in [4.69, 9.17) is 0 Å². The van der Waals surface area contributed by atoms with Crippen molar-refractivity contribution in [2.24, 2.45) is 5.92 Å². The van der Waals surface area contributed by atoms with Crippen molar-refractivity contribution in [3.8, 4) is 0 Å². The Hall–Kier alpha value is -1.59. The van der Waals surface area contributed by atoms with Crippen LogP contribution in [0.5, 0.6) is 0 Å². The molecule has 0 bridgehead atoms. The van der Waals surface area contributed by atoms with Gasteiger partial charge in [0, 0.05) is 33.0 Å². The van der Waals surface area contributed by atoms with Crippen LogP contribution in [0.3, 0.4) is 0 Å². The fraction of sp³-hybridized carbons (Fsp3) is 0.727. The predicted octanol–water partition coefficient (Wildman–Crippen LogP) is -0.466. The van der Waals surface area contributed by atoms with E-state index in [1.54, 1.807) is 11.9 Å². The summed E-state index contributed by atoms with van der Waals surface area (Å²) >= 11 is 0. The molecule has 1 atom stereocenters. The molecule has 1 unspecified atom stereocenters. The lowest BCUT2D eigenvalue weighted by atomic mass is 10.1. The molecule has 6 nitrogen and oxygen atoms in total. The van der Waals surface area contributed by atoms with Crippen LogP contribution in [-0.4, -0.2) is 49.9 Å². The summed E-state index contributed by atoms with van der Waals surface area (Å²) in [6.07, 6.45) is 1.14. The van der Waals surface area contributed by atoms with Gasteiger partial charge >= 0.3 is 5.97 Å². The van der Waals surface area contributed by atoms with Gasteiger partial charge in [-0.2, -0.15) is 0 Å². The van der Waals surface area contributed by atoms with Crippen LogP contribution >= 0.6 is 0 Å². The average molecular weight is 242 g/mol. The third kappa shape index (κ3) is 4.05. The Balaban J connectivity index is 2.27. The van der Waals surface area contributed by atoms with Crippen molar-refractivity contribution in [1.82, 2.24) is 10.2 Å². The maximum atomic E-state index is 11.9. The Morgan fingerprint density at radius 3 is 2.76 bits per heavy atom. The number of carbonyl (C=O) groups excluding carboxylic acids is 3. The number of carbonyl (C=O) groups is 3. The first-order valence-electron chi connectivity index (χ1n) is 5.63. The standard InChI is InChI=1S/C11H18N2O4/c1-13(5-3-4-10(15)17-2)11(16)8-6-9(14)12-7-8/h8H,3-7H2,1-2H3,(H,12,14). The van der Waals surface area contributed by atoms with Gasteiger partial charge in [0.15, 0.2) is 0 Å². The Bertz CT molecular complexity index is 317. The van der Waals surface area contributed by atoms with Crippen LogP contribution in [0.1, 0.15) is 19.3 Å². The first kappa shape index (κ1) is 13.5. The molecule has 0 aromatic rings. The summed E-state index contributed by atoms with van der Waals surface area (Å²) in [6, 6.07) is 0. The van der Waals surface area contributed by atoms with Gasteiger partial charge in [-0.25, -0.2) is 0 Å². The first-order chi connectivity index (χ1) is 8.04. The fourth-order valence-electron chi connectivity index (χ4n) is 1.76. The molecular formula is C11H18N2O4.